The second-order valence-corrected chi connectivity index (χ2v) is 4.84. The molecule has 1 aromatic rings. The van der Waals surface area contributed by atoms with Gasteiger partial charge in [-0.1, -0.05) is 11.6 Å². The van der Waals surface area contributed by atoms with E-state index in [0.29, 0.717) is 23.0 Å². The zero-order valence-electron chi connectivity index (χ0n) is 10.5. The van der Waals surface area contributed by atoms with Gasteiger partial charge in [0.1, 0.15) is 6.61 Å². The number of halogens is 1. The summed E-state index contributed by atoms with van der Waals surface area (Å²) in [7, 11) is 0. The number of nitrogen functional groups attached to an aromatic ring is 1. The number of nitrogens with two attached hydrogens (primary N) is 1. The average molecular weight is 285 g/mol. The number of benzene rings is 1. The van der Waals surface area contributed by atoms with Gasteiger partial charge in [0.05, 0.1) is 23.4 Å². The summed E-state index contributed by atoms with van der Waals surface area (Å²) in [6.45, 7) is 1.24. The van der Waals surface area contributed by atoms with E-state index in [1.807, 2.05) is 0 Å². The Balaban J connectivity index is 1.72. The standard InChI is InChI=1S/C13H17ClN2O3/c14-11-4-3-9(6-12(11)15)16-13(17)8-18-7-10-2-1-5-19-10/h3-4,6,10H,1-2,5,7-8,15H2,(H,16,17). The SMILES string of the molecule is Nc1cc(NC(=O)COCC2CCCO2)ccc1Cl. The predicted octanol–water partition coefficient (Wildman–Crippen LogP) is 2.06. The summed E-state index contributed by atoms with van der Waals surface area (Å²) >= 11 is 5.80. The number of amides is 1. The zero-order valence-corrected chi connectivity index (χ0v) is 11.3. The van der Waals surface area contributed by atoms with Gasteiger partial charge in [0.25, 0.3) is 0 Å². The van der Waals surface area contributed by atoms with Gasteiger partial charge in [-0.05, 0) is 31.0 Å². The van der Waals surface area contributed by atoms with Crippen molar-refractivity contribution in [2.75, 3.05) is 30.9 Å². The van der Waals surface area contributed by atoms with Crippen molar-refractivity contribution in [3.05, 3.63) is 23.2 Å². The van der Waals surface area contributed by atoms with E-state index < -0.39 is 0 Å². The van der Waals surface area contributed by atoms with Crippen LogP contribution in [0.4, 0.5) is 11.4 Å². The van der Waals surface area contributed by atoms with Crippen molar-refractivity contribution in [3.8, 4) is 0 Å². The van der Waals surface area contributed by atoms with Gasteiger partial charge in [-0.15, -0.1) is 0 Å². The van der Waals surface area contributed by atoms with Crippen LogP contribution >= 0.6 is 11.6 Å². The summed E-state index contributed by atoms with van der Waals surface area (Å²) in [6.07, 6.45) is 2.18. The second kappa shape index (κ2) is 6.75. The molecule has 0 spiro atoms. The highest BCUT2D eigenvalue weighted by Gasteiger charge is 2.15. The molecule has 104 valence electrons. The topological polar surface area (TPSA) is 73.6 Å². The lowest BCUT2D eigenvalue weighted by Crippen LogP contribution is -2.22. The largest absolute Gasteiger partial charge is 0.397 e. The molecule has 0 aliphatic carbocycles. The lowest BCUT2D eigenvalue weighted by atomic mass is 10.2. The molecule has 19 heavy (non-hydrogen) atoms. The van der Waals surface area contributed by atoms with Crippen LogP contribution in [0.3, 0.4) is 0 Å². The van der Waals surface area contributed by atoms with E-state index in [0.717, 1.165) is 19.4 Å². The minimum Gasteiger partial charge on any atom is -0.397 e. The lowest BCUT2D eigenvalue weighted by Gasteiger charge is -2.10. The van der Waals surface area contributed by atoms with Crippen LogP contribution < -0.4 is 11.1 Å². The Morgan fingerprint density at radius 3 is 3.11 bits per heavy atom. The van der Waals surface area contributed by atoms with Crippen LogP contribution in [0.1, 0.15) is 12.8 Å². The molecule has 1 aromatic carbocycles. The zero-order chi connectivity index (χ0) is 13.7. The fourth-order valence-corrected chi connectivity index (χ4v) is 1.99. The molecule has 0 bridgehead atoms. The smallest absolute Gasteiger partial charge is 0.250 e. The fourth-order valence-electron chi connectivity index (χ4n) is 1.88. The van der Waals surface area contributed by atoms with Crippen molar-refractivity contribution >= 4 is 28.9 Å². The van der Waals surface area contributed by atoms with Gasteiger partial charge in [-0.2, -0.15) is 0 Å². The summed E-state index contributed by atoms with van der Waals surface area (Å²) in [4.78, 5) is 11.6. The van der Waals surface area contributed by atoms with Crippen molar-refractivity contribution in [1.29, 1.82) is 0 Å². The molecule has 1 amide bonds. The minimum absolute atomic E-state index is 0.00237. The normalized spacial score (nSPS) is 18.5. The Hall–Kier alpha value is -1.30. The third kappa shape index (κ3) is 4.38. The van der Waals surface area contributed by atoms with Crippen LogP contribution in [-0.2, 0) is 14.3 Å². The molecule has 0 radical (unpaired) electrons. The highest BCUT2D eigenvalue weighted by molar-refractivity contribution is 6.33. The van der Waals surface area contributed by atoms with Gasteiger partial charge in [-0.3, -0.25) is 4.79 Å². The number of hydrogen-bond acceptors (Lipinski definition) is 4. The number of carbonyl (C=O) groups is 1. The first-order chi connectivity index (χ1) is 9.15. The number of rotatable bonds is 5. The summed E-state index contributed by atoms with van der Waals surface area (Å²) in [5, 5.41) is 3.16. The molecular formula is C13H17ClN2O3. The molecular weight excluding hydrogens is 268 g/mol. The second-order valence-electron chi connectivity index (χ2n) is 4.43. The number of hydrogen-bond donors (Lipinski definition) is 2. The van der Waals surface area contributed by atoms with Crippen molar-refractivity contribution in [1.82, 2.24) is 0 Å². The number of nitrogens with one attached hydrogen (secondary N) is 1. The van der Waals surface area contributed by atoms with Gasteiger partial charge in [0.15, 0.2) is 0 Å². The average Bonchev–Trinajstić information content (AvgIpc) is 2.87. The first-order valence-electron chi connectivity index (χ1n) is 6.19. The Morgan fingerprint density at radius 2 is 2.42 bits per heavy atom. The lowest BCUT2D eigenvalue weighted by molar-refractivity contribution is -0.121. The molecule has 1 aliphatic rings. The van der Waals surface area contributed by atoms with Crippen molar-refractivity contribution in [3.63, 3.8) is 0 Å². The maximum atomic E-state index is 11.6. The van der Waals surface area contributed by atoms with Crippen LogP contribution in [-0.4, -0.2) is 31.8 Å². The summed E-state index contributed by atoms with van der Waals surface area (Å²) in [5.41, 5.74) is 6.68. The number of anilines is 2. The number of carbonyl (C=O) groups excluding carboxylic acids is 1. The predicted molar refractivity (Wildman–Crippen MR) is 74.3 cm³/mol. The van der Waals surface area contributed by atoms with Crippen LogP contribution in [0, 0.1) is 0 Å². The van der Waals surface area contributed by atoms with Crippen molar-refractivity contribution in [2.45, 2.75) is 18.9 Å². The molecule has 6 heteroatoms. The van der Waals surface area contributed by atoms with E-state index in [1.54, 1.807) is 18.2 Å². The molecule has 1 atom stereocenters. The van der Waals surface area contributed by atoms with E-state index in [2.05, 4.69) is 5.32 Å². The van der Waals surface area contributed by atoms with E-state index in [9.17, 15) is 4.79 Å². The molecule has 5 nitrogen and oxygen atoms in total. The first-order valence-corrected chi connectivity index (χ1v) is 6.57. The van der Waals surface area contributed by atoms with E-state index in [4.69, 9.17) is 26.8 Å². The maximum Gasteiger partial charge on any atom is 0.250 e. The Kier molecular flexibility index (Phi) is 5.01. The summed E-state index contributed by atoms with van der Waals surface area (Å²) in [6, 6.07) is 4.94. The molecule has 1 saturated heterocycles. The number of ether oxygens (including phenoxy) is 2. The molecule has 0 saturated carbocycles. The van der Waals surface area contributed by atoms with Gasteiger partial charge in [-0.25, -0.2) is 0 Å². The third-order valence-corrected chi connectivity index (χ3v) is 3.18. The highest BCUT2D eigenvalue weighted by Crippen LogP contribution is 2.22. The monoisotopic (exact) mass is 284 g/mol. The fraction of sp³-hybridized carbons (Fsp3) is 0.462. The van der Waals surface area contributed by atoms with Gasteiger partial charge < -0.3 is 20.5 Å². The summed E-state index contributed by atoms with van der Waals surface area (Å²) < 4.78 is 10.7. The van der Waals surface area contributed by atoms with Crippen LogP contribution in [0.5, 0.6) is 0 Å². The molecule has 0 aromatic heterocycles. The summed E-state index contributed by atoms with van der Waals surface area (Å²) in [5.74, 6) is -0.222. The molecule has 1 heterocycles. The Bertz CT molecular complexity index is 448. The van der Waals surface area contributed by atoms with Crippen LogP contribution in [0.2, 0.25) is 5.02 Å². The van der Waals surface area contributed by atoms with Gasteiger partial charge in [0.2, 0.25) is 5.91 Å². The maximum absolute atomic E-state index is 11.6. The molecule has 3 N–H and O–H groups in total. The van der Waals surface area contributed by atoms with Crippen molar-refractivity contribution in [2.24, 2.45) is 0 Å². The van der Waals surface area contributed by atoms with Gasteiger partial charge >= 0.3 is 0 Å². The molecule has 1 aliphatic heterocycles. The van der Waals surface area contributed by atoms with E-state index >= 15 is 0 Å². The van der Waals surface area contributed by atoms with E-state index in [-0.39, 0.29) is 18.6 Å². The van der Waals surface area contributed by atoms with Gasteiger partial charge in [0, 0.05) is 12.3 Å². The molecule has 1 fully saturated rings. The van der Waals surface area contributed by atoms with Crippen molar-refractivity contribution < 1.29 is 14.3 Å². The first kappa shape index (κ1) is 14.1. The Morgan fingerprint density at radius 1 is 1.58 bits per heavy atom. The van der Waals surface area contributed by atoms with Crippen LogP contribution in [0.25, 0.3) is 0 Å². The molecule has 2 rings (SSSR count). The third-order valence-electron chi connectivity index (χ3n) is 2.84. The highest BCUT2D eigenvalue weighted by atomic mass is 35.5. The Labute approximate surface area is 117 Å². The quantitative estimate of drug-likeness (QED) is 0.812. The van der Waals surface area contributed by atoms with Crippen LogP contribution in [0.15, 0.2) is 18.2 Å². The molecule has 1 unspecified atom stereocenters. The van der Waals surface area contributed by atoms with E-state index in [1.165, 1.54) is 0 Å². The minimum atomic E-state index is -0.222.